The summed E-state index contributed by atoms with van der Waals surface area (Å²) in [6, 6.07) is 12.8. The van der Waals surface area contributed by atoms with Gasteiger partial charge in [-0.25, -0.2) is 14.2 Å². The molecular formula is C21H19FN2O4. The fraction of sp³-hybridized carbons (Fsp3) is 0.190. The first-order chi connectivity index (χ1) is 13.6. The highest BCUT2D eigenvalue weighted by Crippen LogP contribution is 2.23. The van der Waals surface area contributed by atoms with E-state index >= 15 is 0 Å². The maximum atomic E-state index is 13.8. The second-order valence-corrected chi connectivity index (χ2v) is 5.95. The van der Waals surface area contributed by atoms with Gasteiger partial charge in [0.25, 0.3) is 0 Å². The quantitative estimate of drug-likeness (QED) is 0.619. The molecule has 0 radical (unpaired) electrons. The molecule has 0 saturated carbocycles. The van der Waals surface area contributed by atoms with Crippen LogP contribution < -0.4 is 5.32 Å². The number of hydrogen-bond acceptors (Lipinski definition) is 5. The van der Waals surface area contributed by atoms with Crippen molar-refractivity contribution in [1.29, 1.82) is 0 Å². The predicted molar refractivity (Wildman–Crippen MR) is 101 cm³/mol. The minimum absolute atomic E-state index is 0.126. The van der Waals surface area contributed by atoms with Crippen molar-refractivity contribution in [2.75, 3.05) is 11.9 Å². The number of ether oxygens (including phenoxy) is 1. The molecule has 7 heteroatoms. The molecule has 0 atom stereocenters. The average Bonchev–Trinajstić information content (AvgIpc) is 3.16. The topological polar surface area (TPSA) is 81.4 Å². The SMILES string of the molecule is CCOC(=O)c1cccc(NC(=O)CCc2ncc(-c3ccccc3F)o2)c1. The summed E-state index contributed by atoms with van der Waals surface area (Å²) in [6.45, 7) is 2.00. The van der Waals surface area contributed by atoms with Crippen LogP contribution in [0.25, 0.3) is 11.3 Å². The molecule has 1 amide bonds. The van der Waals surface area contributed by atoms with Crippen molar-refractivity contribution in [2.45, 2.75) is 19.8 Å². The highest BCUT2D eigenvalue weighted by atomic mass is 19.1. The van der Waals surface area contributed by atoms with Gasteiger partial charge >= 0.3 is 5.97 Å². The Labute approximate surface area is 161 Å². The number of aromatic nitrogens is 1. The van der Waals surface area contributed by atoms with Crippen molar-refractivity contribution in [3.8, 4) is 11.3 Å². The number of nitrogens with zero attached hydrogens (tertiary/aromatic N) is 1. The largest absolute Gasteiger partial charge is 0.462 e. The van der Waals surface area contributed by atoms with Crippen molar-refractivity contribution < 1.29 is 23.1 Å². The number of carbonyl (C=O) groups excluding carboxylic acids is 2. The summed E-state index contributed by atoms with van der Waals surface area (Å²) in [5.74, 6) is -0.445. The van der Waals surface area contributed by atoms with Gasteiger partial charge in [-0.1, -0.05) is 18.2 Å². The lowest BCUT2D eigenvalue weighted by Crippen LogP contribution is -2.13. The zero-order valence-corrected chi connectivity index (χ0v) is 15.3. The predicted octanol–water partition coefficient (Wildman–Crippen LogP) is 4.23. The first kappa shape index (κ1) is 19.3. The lowest BCUT2D eigenvalue weighted by molar-refractivity contribution is -0.116. The van der Waals surface area contributed by atoms with E-state index in [1.807, 2.05) is 0 Å². The van der Waals surface area contributed by atoms with E-state index in [1.54, 1.807) is 49.4 Å². The smallest absolute Gasteiger partial charge is 0.338 e. The number of oxazole rings is 1. The zero-order chi connectivity index (χ0) is 19.9. The first-order valence-corrected chi connectivity index (χ1v) is 8.83. The van der Waals surface area contributed by atoms with Crippen molar-refractivity contribution in [3.63, 3.8) is 0 Å². The molecule has 1 heterocycles. The number of nitrogens with one attached hydrogen (secondary N) is 1. The van der Waals surface area contributed by atoms with Gasteiger partial charge < -0.3 is 14.5 Å². The Bertz CT molecular complexity index is 984. The summed E-state index contributed by atoms with van der Waals surface area (Å²) < 4.78 is 24.3. The standard InChI is InChI=1S/C21H19FN2O4/c1-2-27-21(26)14-6-5-7-15(12-14)24-19(25)10-11-20-23-13-18(28-20)16-8-3-4-9-17(16)22/h3-9,12-13H,2,10-11H2,1H3,(H,24,25). The fourth-order valence-corrected chi connectivity index (χ4v) is 2.59. The number of anilines is 1. The van der Waals surface area contributed by atoms with Gasteiger partial charge in [-0.15, -0.1) is 0 Å². The van der Waals surface area contributed by atoms with Gasteiger partial charge in [-0.3, -0.25) is 4.79 Å². The maximum absolute atomic E-state index is 13.8. The van der Waals surface area contributed by atoms with Crippen LogP contribution in [0.3, 0.4) is 0 Å². The molecule has 0 saturated heterocycles. The third-order valence-corrected chi connectivity index (χ3v) is 3.92. The third kappa shape index (κ3) is 4.82. The molecule has 144 valence electrons. The van der Waals surface area contributed by atoms with E-state index in [2.05, 4.69) is 10.3 Å². The Hall–Kier alpha value is -3.48. The van der Waals surface area contributed by atoms with E-state index in [-0.39, 0.29) is 25.4 Å². The number of hydrogen-bond donors (Lipinski definition) is 1. The van der Waals surface area contributed by atoms with Gasteiger partial charge in [0.15, 0.2) is 11.7 Å². The van der Waals surface area contributed by atoms with Gasteiger partial charge in [-0.2, -0.15) is 0 Å². The Kier molecular flexibility index (Phi) is 6.16. The van der Waals surface area contributed by atoms with Crippen LogP contribution in [0, 0.1) is 5.82 Å². The molecule has 0 aliphatic rings. The van der Waals surface area contributed by atoms with Crippen LogP contribution in [-0.2, 0) is 16.0 Å². The van der Waals surface area contributed by atoms with Gasteiger partial charge in [0.2, 0.25) is 5.91 Å². The molecule has 0 aliphatic carbocycles. The van der Waals surface area contributed by atoms with Gasteiger partial charge in [0, 0.05) is 18.5 Å². The molecule has 3 aromatic rings. The molecule has 6 nitrogen and oxygen atoms in total. The molecule has 0 bridgehead atoms. The molecule has 0 spiro atoms. The maximum Gasteiger partial charge on any atom is 0.338 e. The first-order valence-electron chi connectivity index (χ1n) is 8.83. The number of aryl methyl sites for hydroxylation is 1. The minimum atomic E-state index is -0.445. The van der Waals surface area contributed by atoms with E-state index in [0.29, 0.717) is 28.5 Å². The molecule has 1 aromatic heterocycles. The minimum Gasteiger partial charge on any atom is -0.462 e. The van der Waals surface area contributed by atoms with Crippen LogP contribution >= 0.6 is 0 Å². The van der Waals surface area contributed by atoms with E-state index < -0.39 is 11.8 Å². The normalized spacial score (nSPS) is 10.5. The van der Waals surface area contributed by atoms with E-state index in [9.17, 15) is 14.0 Å². The van der Waals surface area contributed by atoms with Crippen LogP contribution in [0.2, 0.25) is 0 Å². The molecule has 28 heavy (non-hydrogen) atoms. The molecule has 0 aliphatic heterocycles. The van der Waals surface area contributed by atoms with E-state index in [4.69, 9.17) is 9.15 Å². The number of amides is 1. The summed E-state index contributed by atoms with van der Waals surface area (Å²) in [5, 5.41) is 2.72. The molecular weight excluding hydrogens is 363 g/mol. The number of esters is 1. The van der Waals surface area contributed by atoms with E-state index in [0.717, 1.165) is 0 Å². The lowest BCUT2D eigenvalue weighted by Gasteiger charge is -2.07. The van der Waals surface area contributed by atoms with Gasteiger partial charge in [-0.05, 0) is 37.3 Å². The highest BCUT2D eigenvalue weighted by molar-refractivity contribution is 5.94. The summed E-state index contributed by atoms with van der Waals surface area (Å²) in [7, 11) is 0. The second-order valence-electron chi connectivity index (χ2n) is 5.95. The summed E-state index contributed by atoms with van der Waals surface area (Å²) in [4.78, 5) is 28.0. The average molecular weight is 382 g/mol. The van der Waals surface area contributed by atoms with Gasteiger partial charge in [0.05, 0.1) is 23.9 Å². The second kappa shape index (κ2) is 8.94. The molecule has 3 rings (SSSR count). The molecule has 1 N–H and O–H groups in total. The Morgan fingerprint density at radius 2 is 2.00 bits per heavy atom. The summed E-state index contributed by atoms with van der Waals surface area (Å²) in [5.41, 5.74) is 1.18. The zero-order valence-electron chi connectivity index (χ0n) is 15.3. The Morgan fingerprint density at radius 3 is 2.79 bits per heavy atom. The Balaban J connectivity index is 1.57. The van der Waals surface area contributed by atoms with Crippen LogP contribution in [0.1, 0.15) is 29.6 Å². The lowest BCUT2D eigenvalue weighted by atomic mass is 10.2. The van der Waals surface area contributed by atoms with Crippen LogP contribution in [-0.4, -0.2) is 23.5 Å². The van der Waals surface area contributed by atoms with Crippen LogP contribution in [0.15, 0.2) is 59.1 Å². The third-order valence-electron chi connectivity index (χ3n) is 3.92. The van der Waals surface area contributed by atoms with Crippen molar-refractivity contribution in [3.05, 3.63) is 72.0 Å². The summed E-state index contributed by atoms with van der Waals surface area (Å²) >= 11 is 0. The van der Waals surface area contributed by atoms with E-state index in [1.165, 1.54) is 12.3 Å². The number of carbonyl (C=O) groups is 2. The Morgan fingerprint density at radius 1 is 1.18 bits per heavy atom. The summed E-state index contributed by atoms with van der Waals surface area (Å²) in [6.07, 6.45) is 1.83. The van der Waals surface area contributed by atoms with Crippen molar-refractivity contribution in [2.24, 2.45) is 0 Å². The highest BCUT2D eigenvalue weighted by Gasteiger charge is 2.13. The molecule has 0 fully saturated rings. The number of rotatable bonds is 7. The number of benzene rings is 2. The van der Waals surface area contributed by atoms with Crippen LogP contribution in [0.4, 0.5) is 10.1 Å². The van der Waals surface area contributed by atoms with Gasteiger partial charge in [0.1, 0.15) is 5.82 Å². The number of halogens is 1. The fourth-order valence-electron chi connectivity index (χ4n) is 2.59. The van der Waals surface area contributed by atoms with Crippen molar-refractivity contribution in [1.82, 2.24) is 4.98 Å². The van der Waals surface area contributed by atoms with Crippen molar-refractivity contribution >= 4 is 17.6 Å². The molecule has 0 unspecified atom stereocenters. The van der Waals surface area contributed by atoms with Crippen LogP contribution in [0.5, 0.6) is 0 Å². The molecule has 2 aromatic carbocycles. The monoisotopic (exact) mass is 382 g/mol.